The van der Waals surface area contributed by atoms with Crippen molar-refractivity contribution in [3.05, 3.63) is 41.5 Å². The van der Waals surface area contributed by atoms with Crippen LogP contribution in [0.15, 0.2) is 30.3 Å². The Hall–Kier alpha value is -3.13. The summed E-state index contributed by atoms with van der Waals surface area (Å²) in [5.41, 5.74) is 0.787. The maximum Gasteiger partial charge on any atom is 0.311 e. The largest absolute Gasteiger partial charge is 0.508 e. The Morgan fingerprint density at radius 1 is 1.15 bits per heavy atom. The van der Waals surface area contributed by atoms with Crippen molar-refractivity contribution in [1.82, 2.24) is 0 Å². The van der Waals surface area contributed by atoms with Gasteiger partial charge in [-0.1, -0.05) is 6.07 Å². The van der Waals surface area contributed by atoms with Crippen molar-refractivity contribution >= 4 is 5.97 Å². The molecule has 144 valence electrons. The summed E-state index contributed by atoms with van der Waals surface area (Å²) in [6, 6.07) is 6.55. The Labute approximate surface area is 154 Å². The van der Waals surface area contributed by atoms with Crippen LogP contribution in [0, 0.1) is 5.92 Å². The summed E-state index contributed by atoms with van der Waals surface area (Å²) >= 11 is 0. The van der Waals surface area contributed by atoms with Gasteiger partial charge < -0.3 is 35.0 Å². The molecule has 0 saturated heterocycles. The van der Waals surface area contributed by atoms with Crippen molar-refractivity contribution in [3.8, 4) is 28.7 Å². The Balaban J connectivity index is 2.00. The summed E-state index contributed by atoms with van der Waals surface area (Å²) in [6.07, 6.45) is -1.63. The lowest BCUT2D eigenvalue weighted by Crippen LogP contribution is -2.36. The third kappa shape index (κ3) is 3.70. The molecule has 1 aliphatic rings. The molecule has 1 unspecified atom stereocenters. The van der Waals surface area contributed by atoms with E-state index in [0.29, 0.717) is 11.1 Å². The summed E-state index contributed by atoms with van der Waals surface area (Å²) in [6.45, 7) is 1.13. The molecule has 0 bridgehead atoms. The number of aliphatic hydroxyl groups excluding tert-OH is 1. The van der Waals surface area contributed by atoms with Gasteiger partial charge in [-0.3, -0.25) is 4.79 Å². The zero-order valence-corrected chi connectivity index (χ0v) is 14.5. The van der Waals surface area contributed by atoms with Crippen molar-refractivity contribution in [2.24, 2.45) is 5.92 Å². The van der Waals surface area contributed by atoms with E-state index in [0.717, 1.165) is 6.07 Å². The molecule has 0 saturated carbocycles. The van der Waals surface area contributed by atoms with Gasteiger partial charge in [0.25, 0.3) is 0 Å². The quantitative estimate of drug-likeness (QED) is 0.402. The van der Waals surface area contributed by atoms with Gasteiger partial charge in [-0.25, -0.2) is 0 Å². The van der Waals surface area contributed by atoms with E-state index in [2.05, 4.69) is 0 Å². The lowest BCUT2D eigenvalue weighted by molar-refractivity contribution is -0.161. The zero-order valence-electron chi connectivity index (χ0n) is 14.5. The summed E-state index contributed by atoms with van der Waals surface area (Å²) in [5, 5.41) is 48.2. The fraction of sp³-hybridized carbons (Fsp3) is 0.316. The van der Waals surface area contributed by atoms with Gasteiger partial charge in [-0.05, 0) is 19.1 Å². The number of hydrogen-bond acceptors (Lipinski definition) is 8. The number of aliphatic hydroxyl groups is 1. The third-order valence-electron chi connectivity index (χ3n) is 4.44. The number of benzene rings is 2. The molecule has 2 aromatic carbocycles. The highest BCUT2D eigenvalue weighted by Crippen LogP contribution is 2.43. The fourth-order valence-electron chi connectivity index (χ4n) is 2.89. The maximum absolute atomic E-state index is 12.2. The van der Waals surface area contributed by atoms with Crippen LogP contribution in [0.4, 0.5) is 0 Å². The molecule has 3 atom stereocenters. The molecular formula is C19H20O8. The molecule has 0 spiro atoms. The molecule has 0 fully saturated rings. The molecule has 2 aromatic rings. The lowest BCUT2D eigenvalue weighted by Gasteiger charge is -2.34. The minimum atomic E-state index is -0.863. The van der Waals surface area contributed by atoms with E-state index in [-0.39, 0.29) is 41.8 Å². The summed E-state index contributed by atoms with van der Waals surface area (Å²) in [5.74, 6) is -2.24. The Kier molecular flexibility index (Phi) is 5.00. The minimum absolute atomic E-state index is 0.0949. The van der Waals surface area contributed by atoms with E-state index in [1.807, 2.05) is 0 Å². The normalized spacial score (nSPS) is 19.6. The predicted molar refractivity (Wildman–Crippen MR) is 92.7 cm³/mol. The molecule has 8 nitrogen and oxygen atoms in total. The van der Waals surface area contributed by atoms with Crippen LogP contribution in [0.3, 0.4) is 0 Å². The SMILES string of the molecule is CC(CO)C(=O)O[C@H]1Cc2c(O)cc(O)cc2O[C@H]1c1ccc(O)c(O)c1. The van der Waals surface area contributed by atoms with Crippen LogP contribution in [-0.2, 0) is 16.0 Å². The summed E-state index contributed by atoms with van der Waals surface area (Å²) in [4.78, 5) is 12.2. The van der Waals surface area contributed by atoms with Crippen molar-refractivity contribution in [3.63, 3.8) is 0 Å². The van der Waals surface area contributed by atoms with E-state index in [4.69, 9.17) is 14.6 Å². The van der Waals surface area contributed by atoms with Crippen molar-refractivity contribution in [2.45, 2.75) is 25.6 Å². The molecule has 5 N–H and O–H groups in total. The van der Waals surface area contributed by atoms with Gasteiger partial charge in [-0.2, -0.15) is 0 Å². The van der Waals surface area contributed by atoms with Gasteiger partial charge >= 0.3 is 5.97 Å². The van der Waals surface area contributed by atoms with E-state index >= 15 is 0 Å². The molecule has 0 aromatic heterocycles. The van der Waals surface area contributed by atoms with Gasteiger partial charge in [0.1, 0.15) is 23.4 Å². The van der Waals surface area contributed by atoms with Crippen LogP contribution in [0.5, 0.6) is 28.7 Å². The topological polar surface area (TPSA) is 137 Å². The van der Waals surface area contributed by atoms with Gasteiger partial charge in [0.15, 0.2) is 17.6 Å². The average molecular weight is 376 g/mol. The number of rotatable bonds is 4. The Morgan fingerprint density at radius 2 is 1.89 bits per heavy atom. The average Bonchev–Trinajstić information content (AvgIpc) is 2.63. The number of carbonyl (C=O) groups is 1. The number of phenolic OH excluding ortho intramolecular Hbond substituents is 4. The van der Waals surface area contributed by atoms with Crippen LogP contribution in [0.25, 0.3) is 0 Å². The smallest absolute Gasteiger partial charge is 0.311 e. The molecule has 0 radical (unpaired) electrons. The summed E-state index contributed by atoms with van der Waals surface area (Å²) < 4.78 is 11.3. The number of fused-ring (bicyclic) bond motifs is 1. The van der Waals surface area contributed by atoms with Crippen LogP contribution in [0.2, 0.25) is 0 Å². The molecule has 0 aliphatic carbocycles. The molecule has 8 heteroatoms. The van der Waals surface area contributed by atoms with Crippen molar-refractivity contribution < 1.29 is 39.8 Å². The molecule has 0 amide bonds. The van der Waals surface area contributed by atoms with Gasteiger partial charge in [0, 0.05) is 29.7 Å². The lowest BCUT2D eigenvalue weighted by atomic mass is 9.93. The monoisotopic (exact) mass is 376 g/mol. The van der Waals surface area contributed by atoms with Crippen LogP contribution in [0.1, 0.15) is 24.2 Å². The minimum Gasteiger partial charge on any atom is -0.508 e. The third-order valence-corrected chi connectivity index (χ3v) is 4.44. The zero-order chi connectivity index (χ0) is 19.7. The van der Waals surface area contributed by atoms with E-state index in [9.17, 15) is 25.2 Å². The first-order valence-corrected chi connectivity index (χ1v) is 8.35. The molecule has 27 heavy (non-hydrogen) atoms. The first kappa shape index (κ1) is 18.7. The van der Waals surface area contributed by atoms with Crippen LogP contribution < -0.4 is 4.74 Å². The Morgan fingerprint density at radius 3 is 2.56 bits per heavy atom. The first-order valence-electron chi connectivity index (χ1n) is 8.35. The maximum atomic E-state index is 12.2. The van der Waals surface area contributed by atoms with E-state index < -0.39 is 24.1 Å². The standard InChI is InChI=1S/C19H20O8/c1-9(8-20)19(25)27-17-7-12-14(23)5-11(21)6-16(12)26-18(17)10-2-3-13(22)15(24)4-10/h2-6,9,17-18,20-24H,7-8H2,1H3/t9?,17-,18-/m0/s1. The second-order valence-electron chi connectivity index (χ2n) is 6.49. The number of esters is 1. The van der Waals surface area contributed by atoms with Gasteiger partial charge in [-0.15, -0.1) is 0 Å². The summed E-state index contributed by atoms with van der Waals surface area (Å²) in [7, 11) is 0. The highest BCUT2D eigenvalue weighted by molar-refractivity contribution is 5.72. The highest BCUT2D eigenvalue weighted by atomic mass is 16.6. The number of ether oxygens (including phenoxy) is 2. The highest BCUT2D eigenvalue weighted by Gasteiger charge is 2.37. The molecule has 1 aliphatic heterocycles. The van der Waals surface area contributed by atoms with E-state index in [1.54, 1.807) is 0 Å². The number of phenols is 4. The van der Waals surface area contributed by atoms with Crippen LogP contribution in [-0.4, -0.2) is 44.2 Å². The Bertz CT molecular complexity index is 863. The second-order valence-corrected chi connectivity index (χ2v) is 6.49. The second kappa shape index (κ2) is 7.24. The van der Waals surface area contributed by atoms with Gasteiger partial charge in [0.2, 0.25) is 0 Å². The van der Waals surface area contributed by atoms with Crippen LogP contribution >= 0.6 is 0 Å². The fourth-order valence-corrected chi connectivity index (χ4v) is 2.89. The molecular weight excluding hydrogens is 356 g/mol. The first-order chi connectivity index (χ1) is 12.8. The predicted octanol–water partition coefficient (Wildman–Crippen LogP) is 1.73. The van der Waals surface area contributed by atoms with E-state index in [1.165, 1.54) is 31.2 Å². The van der Waals surface area contributed by atoms with Crippen molar-refractivity contribution in [1.29, 1.82) is 0 Å². The van der Waals surface area contributed by atoms with Crippen molar-refractivity contribution in [2.75, 3.05) is 6.61 Å². The number of aromatic hydroxyl groups is 4. The van der Waals surface area contributed by atoms with Gasteiger partial charge in [0.05, 0.1) is 12.5 Å². The number of hydrogen-bond donors (Lipinski definition) is 5. The number of carbonyl (C=O) groups excluding carboxylic acids is 1. The molecule has 1 heterocycles. The molecule has 3 rings (SSSR count).